The first-order valence-corrected chi connectivity index (χ1v) is 8.08. The van der Waals surface area contributed by atoms with Gasteiger partial charge in [-0.25, -0.2) is 0 Å². The van der Waals surface area contributed by atoms with Gasteiger partial charge in [-0.2, -0.15) is 0 Å². The van der Waals surface area contributed by atoms with Crippen LogP contribution >= 0.6 is 24.0 Å². The van der Waals surface area contributed by atoms with Gasteiger partial charge in [-0.3, -0.25) is 4.99 Å². The number of nitrogens with zero attached hydrogens (tertiary/aromatic N) is 2. The third kappa shape index (κ3) is 7.39. The van der Waals surface area contributed by atoms with E-state index in [9.17, 15) is 0 Å². The van der Waals surface area contributed by atoms with E-state index in [0.29, 0.717) is 5.92 Å². The average molecular weight is 432 g/mol. The molecule has 0 radical (unpaired) electrons. The van der Waals surface area contributed by atoms with Crippen molar-refractivity contribution in [3.63, 3.8) is 0 Å². The molecule has 1 saturated heterocycles. The lowest BCUT2D eigenvalue weighted by Crippen LogP contribution is -2.42. The molecule has 1 unspecified atom stereocenters. The van der Waals surface area contributed by atoms with Gasteiger partial charge in [-0.15, -0.1) is 24.0 Å². The van der Waals surface area contributed by atoms with Gasteiger partial charge in [0, 0.05) is 51.9 Å². The van der Waals surface area contributed by atoms with Gasteiger partial charge in [0.2, 0.25) is 0 Å². The molecule has 0 aliphatic carbocycles. The second-order valence-corrected chi connectivity index (χ2v) is 5.73. The summed E-state index contributed by atoms with van der Waals surface area (Å²) in [6.45, 7) is 4.65. The summed E-state index contributed by atoms with van der Waals surface area (Å²) in [6, 6.07) is 10.3. The van der Waals surface area contributed by atoms with Crippen molar-refractivity contribution < 1.29 is 4.74 Å². The Hall–Kier alpha value is -1.02. The molecule has 2 rings (SSSR count). The predicted molar refractivity (Wildman–Crippen MR) is 108 cm³/mol. The van der Waals surface area contributed by atoms with Crippen LogP contribution in [0.25, 0.3) is 0 Å². The number of nitrogens with one attached hydrogen (secondary N) is 2. The van der Waals surface area contributed by atoms with Crippen molar-refractivity contribution in [3.8, 4) is 0 Å². The zero-order chi connectivity index (χ0) is 15.6. The summed E-state index contributed by atoms with van der Waals surface area (Å²) in [5.41, 5.74) is 1.17. The molecule has 2 N–H and O–H groups in total. The van der Waals surface area contributed by atoms with Crippen LogP contribution in [0.15, 0.2) is 35.3 Å². The van der Waals surface area contributed by atoms with Crippen molar-refractivity contribution in [2.24, 2.45) is 10.9 Å². The van der Waals surface area contributed by atoms with Gasteiger partial charge in [-0.1, -0.05) is 18.2 Å². The fourth-order valence-electron chi connectivity index (χ4n) is 2.66. The van der Waals surface area contributed by atoms with E-state index < -0.39 is 0 Å². The fourth-order valence-corrected chi connectivity index (χ4v) is 2.66. The number of para-hydroxylation sites is 1. The number of hydrogen-bond acceptors (Lipinski definition) is 3. The second kappa shape index (κ2) is 11.5. The molecular weight excluding hydrogens is 403 g/mol. The lowest BCUT2D eigenvalue weighted by molar-refractivity contribution is 0.181. The molecule has 0 aromatic heterocycles. The van der Waals surface area contributed by atoms with Gasteiger partial charge < -0.3 is 20.3 Å². The van der Waals surface area contributed by atoms with Gasteiger partial charge >= 0.3 is 0 Å². The molecule has 23 heavy (non-hydrogen) atoms. The number of hydrogen-bond donors (Lipinski definition) is 2. The summed E-state index contributed by atoms with van der Waals surface area (Å²) in [7, 11) is 3.93. The molecule has 0 spiro atoms. The van der Waals surface area contributed by atoms with E-state index in [1.54, 1.807) is 0 Å². The fraction of sp³-hybridized carbons (Fsp3) is 0.588. The summed E-state index contributed by atoms with van der Waals surface area (Å²) in [4.78, 5) is 6.55. The van der Waals surface area contributed by atoms with E-state index in [1.807, 2.05) is 25.2 Å². The molecule has 1 heterocycles. The molecule has 1 aromatic carbocycles. The van der Waals surface area contributed by atoms with Crippen LogP contribution in [0.4, 0.5) is 5.69 Å². The largest absolute Gasteiger partial charge is 0.385 e. The lowest BCUT2D eigenvalue weighted by atomic mass is 10.1. The molecule has 0 bridgehead atoms. The molecule has 1 fully saturated rings. The molecule has 1 aromatic rings. The Balaban J connectivity index is 0.00000264. The minimum absolute atomic E-state index is 0. The first kappa shape index (κ1) is 20.0. The highest BCUT2D eigenvalue weighted by atomic mass is 127. The molecular formula is C17H29IN4O. The van der Waals surface area contributed by atoms with Crippen molar-refractivity contribution in [1.82, 2.24) is 10.2 Å². The van der Waals surface area contributed by atoms with E-state index in [4.69, 9.17) is 4.74 Å². The summed E-state index contributed by atoms with van der Waals surface area (Å²) in [5.74, 6) is 1.59. The Morgan fingerprint density at radius 3 is 2.74 bits per heavy atom. The third-order valence-electron chi connectivity index (χ3n) is 3.87. The number of guanidine groups is 1. The lowest BCUT2D eigenvalue weighted by Gasteiger charge is -2.24. The number of anilines is 1. The average Bonchev–Trinajstić information content (AvgIpc) is 3.04. The molecule has 5 nitrogen and oxygen atoms in total. The molecule has 0 saturated carbocycles. The smallest absolute Gasteiger partial charge is 0.193 e. The van der Waals surface area contributed by atoms with Crippen LogP contribution in [-0.2, 0) is 4.74 Å². The van der Waals surface area contributed by atoms with Crippen LogP contribution in [0.5, 0.6) is 0 Å². The van der Waals surface area contributed by atoms with Crippen LogP contribution in [0.1, 0.15) is 12.8 Å². The van der Waals surface area contributed by atoms with E-state index in [2.05, 4.69) is 39.7 Å². The first-order valence-electron chi connectivity index (χ1n) is 8.08. The molecule has 6 heteroatoms. The minimum atomic E-state index is 0. The van der Waals surface area contributed by atoms with Crippen LogP contribution in [0, 0.1) is 5.92 Å². The highest BCUT2D eigenvalue weighted by Gasteiger charge is 2.18. The zero-order valence-electron chi connectivity index (χ0n) is 14.1. The van der Waals surface area contributed by atoms with Crippen molar-refractivity contribution in [3.05, 3.63) is 30.3 Å². The normalized spacial score (nSPS) is 17.5. The van der Waals surface area contributed by atoms with Crippen molar-refractivity contribution in [2.75, 3.05) is 52.3 Å². The zero-order valence-corrected chi connectivity index (χ0v) is 16.5. The van der Waals surface area contributed by atoms with Crippen LogP contribution in [0.2, 0.25) is 0 Å². The summed E-state index contributed by atoms with van der Waals surface area (Å²) in [6.07, 6.45) is 2.20. The van der Waals surface area contributed by atoms with E-state index >= 15 is 0 Å². The molecule has 1 aliphatic rings. The highest BCUT2D eigenvalue weighted by molar-refractivity contribution is 14.0. The SMILES string of the molecule is CN=C(NCCCNc1ccccc1)N(C)CC1CCOC1.I. The number of benzene rings is 1. The molecule has 1 aliphatic heterocycles. The first-order chi connectivity index (χ1) is 10.8. The number of ether oxygens (including phenoxy) is 1. The predicted octanol–water partition coefficient (Wildman–Crippen LogP) is 2.65. The number of halogens is 1. The maximum Gasteiger partial charge on any atom is 0.193 e. The van der Waals surface area contributed by atoms with Crippen LogP contribution in [-0.4, -0.2) is 57.8 Å². The third-order valence-corrected chi connectivity index (χ3v) is 3.87. The minimum Gasteiger partial charge on any atom is -0.385 e. The maximum absolute atomic E-state index is 5.43. The van der Waals surface area contributed by atoms with Crippen LogP contribution < -0.4 is 10.6 Å². The van der Waals surface area contributed by atoms with Gasteiger partial charge in [0.25, 0.3) is 0 Å². The Bertz CT molecular complexity index is 449. The van der Waals surface area contributed by atoms with Crippen molar-refractivity contribution in [1.29, 1.82) is 0 Å². The van der Waals surface area contributed by atoms with E-state index in [-0.39, 0.29) is 24.0 Å². The van der Waals surface area contributed by atoms with Crippen molar-refractivity contribution in [2.45, 2.75) is 12.8 Å². The molecule has 130 valence electrons. The van der Waals surface area contributed by atoms with Gasteiger partial charge in [0.05, 0.1) is 6.61 Å². The molecule has 0 amide bonds. The Labute approximate surface area is 156 Å². The summed E-state index contributed by atoms with van der Waals surface area (Å²) < 4.78 is 5.43. The second-order valence-electron chi connectivity index (χ2n) is 5.73. The Morgan fingerprint density at radius 1 is 1.30 bits per heavy atom. The Kier molecular flexibility index (Phi) is 10.0. The Morgan fingerprint density at radius 2 is 2.09 bits per heavy atom. The van der Waals surface area contributed by atoms with E-state index in [0.717, 1.165) is 51.6 Å². The summed E-state index contributed by atoms with van der Waals surface area (Å²) >= 11 is 0. The topological polar surface area (TPSA) is 48.9 Å². The number of rotatable bonds is 7. The quantitative estimate of drug-likeness (QED) is 0.301. The van der Waals surface area contributed by atoms with Gasteiger partial charge in [0.1, 0.15) is 0 Å². The number of aliphatic imine (C=N–C) groups is 1. The monoisotopic (exact) mass is 432 g/mol. The highest BCUT2D eigenvalue weighted by Crippen LogP contribution is 2.13. The maximum atomic E-state index is 5.43. The molecule has 1 atom stereocenters. The van der Waals surface area contributed by atoms with Gasteiger partial charge in [0.15, 0.2) is 5.96 Å². The summed E-state index contributed by atoms with van der Waals surface area (Å²) in [5, 5.41) is 6.84. The standard InChI is InChI=1S/C17H28N4O.HI/c1-18-17(21(2)13-15-9-12-22-14-15)20-11-6-10-19-16-7-4-3-5-8-16;/h3-5,7-8,15,19H,6,9-14H2,1-2H3,(H,18,20);1H. The van der Waals surface area contributed by atoms with Crippen molar-refractivity contribution >= 4 is 35.6 Å². The van der Waals surface area contributed by atoms with Crippen LogP contribution in [0.3, 0.4) is 0 Å². The van der Waals surface area contributed by atoms with Gasteiger partial charge in [-0.05, 0) is 25.0 Å². The van der Waals surface area contributed by atoms with E-state index in [1.165, 1.54) is 5.69 Å².